The van der Waals surface area contributed by atoms with Crippen LogP contribution < -0.4 is 10.6 Å². The molecule has 2 rings (SSSR count). The van der Waals surface area contributed by atoms with E-state index in [-0.39, 0.29) is 23.9 Å². The molecule has 2 aromatic carbocycles. The Morgan fingerprint density at radius 3 is 1.52 bits per heavy atom. The number of rotatable bonds is 10. The molecule has 2 unspecified atom stereocenters. The molecule has 0 heterocycles. The number of hydrogen-bond donors (Lipinski definition) is 2. The van der Waals surface area contributed by atoms with Crippen LogP contribution in [0.1, 0.15) is 61.0 Å². The van der Waals surface area contributed by atoms with Crippen LogP contribution in [0.15, 0.2) is 48.5 Å². The average molecular weight is 413 g/mol. The number of hydrogen-bond acceptors (Lipinski definition) is 3. The molecule has 2 amide bonds. The molecule has 0 aliphatic heterocycles. The second kappa shape index (κ2) is 11.7. The fourth-order valence-corrected chi connectivity index (χ4v) is 4.22. The van der Waals surface area contributed by atoms with E-state index >= 15 is 0 Å². The Labute approximate surface area is 178 Å². The van der Waals surface area contributed by atoms with Gasteiger partial charge in [0, 0.05) is 24.3 Å². The third-order valence-corrected chi connectivity index (χ3v) is 6.00. The summed E-state index contributed by atoms with van der Waals surface area (Å²) in [7, 11) is 0. The van der Waals surface area contributed by atoms with Gasteiger partial charge in [-0.3, -0.25) is 9.59 Å². The molecule has 0 radical (unpaired) electrons. The van der Waals surface area contributed by atoms with E-state index in [1.807, 2.05) is 50.2 Å². The number of benzene rings is 2. The summed E-state index contributed by atoms with van der Waals surface area (Å²) in [4.78, 5) is 24.3. The minimum atomic E-state index is 0.00223. The maximum absolute atomic E-state index is 12.2. The molecule has 0 aromatic heterocycles. The van der Waals surface area contributed by atoms with Crippen LogP contribution in [0.3, 0.4) is 0 Å². The van der Waals surface area contributed by atoms with Gasteiger partial charge in [-0.05, 0) is 49.9 Å². The summed E-state index contributed by atoms with van der Waals surface area (Å²) in [6, 6.07) is 16.2. The first-order chi connectivity index (χ1) is 13.9. The van der Waals surface area contributed by atoms with Gasteiger partial charge in [0.25, 0.3) is 0 Å². The highest BCUT2D eigenvalue weighted by atomic mass is 32.2. The predicted octanol–water partition coefficient (Wildman–Crippen LogP) is 4.87. The van der Waals surface area contributed by atoms with E-state index < -0.39 is 0 Å². The van der Waals surface area contributed by atoms with Gasteiger partial charge in [-0.15, -0.1) is 0 Å². The molecule has 0 fully saturated rings. The molecule has 0 aliphatic rings. The summed E-state index contributed by atoms with van der Waals surface area (Å²) in [5.41, 5.74) is 4.65. The van der Waals surface area contributed by atoms with Crippen molar-refractivity contribution in [1.29, 1.82) is 0 Å². The summed E-state index contributed by atoms with van der Waals surface area (Å²) in [6.07, 6.45) is 0.921. The van der Waals surface area contributed by atoms with E-state index in [1.54, 1.807) is 11.8 Å². The van der Waals surface area contributed by atoms with Crippen LogP contribution in [-0.2, 0) is 9.59 Å². The van der Waals surface area contributed by atoms with Gasteiger partial charge < -0.3 is 10.6 Å². The van der Waals surface area contributed by atoms with E-state index in [0.717, 1.165) is 11.1 Å². The van der Waals surface area contributed by atoms with Crippen molar-refractivity contribution >= 4 is 23.6 Å². The molecule has 2 atom stereocenters. The van der Waals surface area contributed by atoms with Crippen LogP contribution in [0.5, 0.6) is 0 Å². The zero-order chi connectivity index (χ0) is 21.2. The largest absolute Gasteiger partial charge is 0.350 e. The lowest BCUT2D eigenvalue weighted by molar-refractivity contribution is -0.122. The molecular formula is C24H32N2O2S. The van der Waals surface area contributed by atoms with Crippen LogP contribution in [0.25, 0.3) is 0 Å². The van der Waals surface area contributed by atoms with Crippen molar-refractivity contribution < 1.29 is 9.59 Å². The zero-order valence-electron chi connectivity index (χ0n) is 17.8. The first kappa shape index (κ1) is 23.0. The van der Waals surface area contributed by atoms with Gasteiger partial charge in [0.15, 0.2) is 0 Å². The molecule has 29 heavy (non-hydrogen) atoms. The normalized spacial score (nSPS) is 12.8. The average Bonchev–Trinajstić information content (AvgIpc) is 2.68. The smallest absolute Gasteiger partial charge is 0.221 e. The Bertz CT molecular complexity index is 755. The van der Waals surface area contributed by atoms with Crippen molar-refractivity contribution in [3.8, 4) is 0 Å². The van der Waals surface area contributed by atoms with Crippen LogP contribution in [0.4, 0.5) is 0 Å². The first-order valence-corrected chi connectivity index (χ1v) is 11.3. The van der Waals surface area contributed by atoms with Crippen molar-refractivity contribution in [2.45, 2.75) is 52.6 Å². The van der Waals surface area contributed by atoms with Crippen LogP contribution in [0, 0.1) is 13.8 Å². The summed E-state index contributed by atoms with van der Waals surface area (Å²) in [5, 5.41) is 6.11. The molecular weight excluding hydrogens is 380 g/mol. The molecule has 0 saturated carbocycles. The van der Waals surface area contributed by atoms with E-state index in [9.17, 15) is 9.59 Å². The number of carbonyl (C=O) groups is 2. The highest BCUT2D eigenvalue weighted by Crippen LogP contribution is 2.18. The lowest BCUT2D eigenvalue weighted by atomic mass is 10.0. The highest BCUT2D eigenvalue weighted by molar-refractivity contribution is 7.99. The monoisotopic (exact) mass is 412 g/mol. The van der Waals surface area contributed by atoms with E-state index in [1.165, 1.54) is 11.1 Å². The molecule has 0 saturated heterocycles. The summed E-state index contributed by atoms with van der Waals surface area (Å²) in [6.45, 7) is 8.12. The fraction of sp³-hybridized carbons (Fsp3) is 0.417. The Balaban J connectivity index is 1.62. The summed E-state index contributed by atoms with van der Waals surface area (Å²) in [5.74, 6) is 1.52. The van der Waals surface area contributed by atoms with Crippen LogP contribution in [-0.4, -0.2) is 23.3 Å². The number of carbonyl (C=O) groups excluding carboxylic acids is 2. The quantitative estimate of drug-likeness (QED) is 0.547. The van der Waals surface area contributed by atoms with Gasteiger partial charge in [-0.2, -0.15) is 11.8 Å². The molecule has 156 valence electrons. The fourth-order valence-electron chi connectivity index (χ4n) is 3.36. The Morgan fingerprint density at radius 1 is 0.759 bits per heavy atom. The van der Waals surface area contributed by atoms with E-state index in [4.69, 9.17) is 0 Å². The van der Waals surface area contributed by atoms with Crippen molar-refractivity contribution in [1.82, 2.24) is 10.6 Å². The van der Waals surface area contributed by atoms with E-state index in [0.29, 0.717) is 24.3 Å². The molecule has 0 bridgehead atoms. The van der Waals surface area contributed by atoms with Crippen molar-refractivity contribution in [2.75, 3.05) is 11.5 Å². The highest BCUT2D eigenvalue weighted by Gasteiger charge is 2.13. The molecule has 0 aliphatic carbocycles. The van der Waals surface area contributed by atoms with E-state index in [2.05, 4.69) is 36.6 Å². The van der Waals surface area contributed by atoms with Gasteiger partial charge in [0.05, 0.1) is 12.1 Å². The van der Waals surface area contributed by atoms with Gasteiger partial charge in [-0.1, -0.05) is 48.5 Å². The van der Waals surface area contributed by atoms with Gasteiger partial charge in [-0.25, -0.2) is 0 Å². The van der Waals surface area contributed by atoms with Crippen molar-refractivity contribution in [3.63, 3.8) is 0 Å². The maximum Gasteiger partial charge on any atom is 0.221 e. The molecule has 4 nitrogen and oxygen atoms in total. The predicted molar refractivity (Wildman–Crippen MR) is 122 cm³/mol. The summed E-state index contributed by atoms with van der Waals surface area (Å²) < 4.78 is 0. The third-order valence-electron chi connectivity index (χ3n) is 5.01. The molecule has 2 aromatic rings. The second-order valence-electron chi connectivity index (χ2n) is 7.40. The molecule has 5 heteroatoms. The number of aryl methyl sites for hydroxylation is 2. The Hall–Kier alpha value is -2.27. The van der Waals surface area contributed by atoms with Crippen LogP contribution in [0.2, 0.25) is 0 Å². The number of amides is 2. The lowest BCUT2D eigenvalue weighted by Gasteiger charge is -2.17. The van der Waals surface area contributed by atoms with Gasteiger partial charge in [0.2, 0.25) is 11.8 Å². The minimum Gasteiger partial charge on any atom is -0.350 e. The third kappa shape index (κ3) is 7.58. The topological polar surface area (TPSA) is 58.2 Å². The lowest BCUT2D eigenvalue weighted by Crippen LogP contribution is -2.28. The SMILES string of the molecule is Cc1ccccc1C(C)NC(=O)CCSCCC(=O)NC(C)c1ccccc1C. The number of thioether (sulfide) groups is 1. The zero-order valence-corrected chi connectivity index (χ0v) is 18.6. The van der Waals surface area contributed by atoms with Crippen molar-refractivity contribution in [3.05, 3.63) is 70.8 Å². The Morgan fingerprint density at radius 2 is 1.14 bits per heavy atom. The Kier molecular flexibility index (Phi) is 9.26. The minimum absolute atomic E-state index is 0.00223. The van der Waals surface area contributed by atoms with Gasteiger partial charge in [0.1, 0.15) is 0 Å². The maximum atomic E-state index is 12.2. The first-order valence-electron chi connectivity index (χ1n) is 10.2. The molecule has 0 spiro atoms. The standard InChI is InChI=1S/C24H32N2O2S/c1-17-9-5-7-11-21(17)19(3)25-23(27)13-15-29-16-14-24(28)26-20(4)22-12-8-6-10-18(22)2/h5-12,19-20H,13-16H2,1-4H3,(H,25,27)(H,26,28). The second-order valence-corrected chi connectivity index (χ2v) is 8.63. The number of nitrogens with one attached hydrogen (secondary N) is 2. The van der Waals surface area contributed by atoms with Crippen LogP contribution >= 0.6 is 11.8 Å². The van der Waals surface area contributed by atoms with Crippen molar-refractivity contribution in [2.24, 2.45) is 0 Å². The summed E-state index contributed by atoms with van der Waals surface area (Å²) >= 11 is 1.64. The van der Waals surface area contributed by atoms with Gasteiger partial charge >= 0.3 is 0 Å². The molecule has 2 N–H and O–H groups in total.